The summed E-state index contributed by atoms with van der Waals surface area (Å²) in [5.41, 5.74) is 1.68. The maximum Gasteiger partial charge on any atom is 0.351 e. The van der Waals surface area contributed by atoms with Gasteiger partial charge in [0.25, 0.3) is 0 Å². The second-order valence-corrected chi connectivity index (χ2v) is 7.48. The first kappa shape index (κ1) is 17.8. The molecular formula is C17H21FNO3P. The fraction of sp³-hybridized carbons (Fsp3) is 0.294. The summed E-state index contributed by atoms with van der Waals surface area (Å²) in [6.07, 6.45) is 0. The molecule has 0 bridgehead atoms. The third kappa shape index (κ3) is 4.27. The molecule has 0 aliphatic heterocycles. The second kappa shape index (κ2) is 7.84. The van der Waals surface area contributed by atoms with Crippen molar-refractivity contribution in [1.29, 1.82) is 0 Å². The van der Waals surface area contributed by atoms with E-state index in [0.717, 1.165) is 5.56 Å². The summed E-state index contributed by atoms with van der Waals surface area (Å²) >= 11 is 0. The summed E-state index contributed by atoms with van der Waals surface area (Å²) < 4.78 is 36.4. The van der Waals surface area contributed by atoms with Crippen molar-refractivity contribution in [3.63, 3.8) is 0 Å². The molecule has 0 aliphatic rings. The summed E-state index contributed by atoms with van der Waals surface area (Å²) in [7, 11) is -0.750. The third-order valence-electron chi connectivity index (χ3n) is 3.72. The van der Waals surface area contributed by atoms with E-state index in [9.17, 15) is 8.96 Å². The van der Waals surface area contributed by atoms with E-state index < -0.39 is 13.4 Å². The van der Waals surface area contributed by atoms with Crippen molar-refractivity contribution in [3.05, 3.63) is 71.5 Å². The summed E-state index contributed by atoms with van der Waals surface area (Å²) in [6.45, 7) is 1.96. The molecule has 124 valence electrons. The molecule has 0 saturated heterocycles. The molecule has 6 heteroatoms. The van der Waals surface area contributed by atoms with Crippen LogP contribution in [0.2, 0.25) is 0 Å². The minimum atomic E-state index is -3.44. The van der Waals surface area contributed by atoms with Gasteiger partial charge >= 0.3 is 7.60 Å². The van der Waals surface area contributed by atoms with Crippen LogP contribution in [0.15, 0.2) is 54.6 Å². The van der Waals surface area contributed by atoms with Crippen LogP contribution in [-0.4, -0.2) is 14.2 Å². The van der Waals surface area contributed by atoms with Crippen LogP contribution in [0.4, 0.5) is 4.39 Å². The predicted octanol–water partition coefficient (Wildman–Crippen LogP) is 4.66. The average Bonchev–Trinajstić information content (AvgIpc) is 2.60. The van der Waals surface area contributed by atoms with E-state index in [2.05, 4.69) is 5.32 Å². The van der Waals surface area contributed by atoms with Crippen LogP contribution < -0.4 is 5.32 Å². The molecule has 0 amide bonds. The predicted molar refractivity (Wildman–Crippen MR) is 88.8 cm³/mol. The number of benzene rings is 2. The Kier molecular flexibility index (Phi) is 6.08. The fourth-order valence-electron chi connectivity index (χ4n) is 2.38. The summed E-state index contributed by atoms with van der Waals surface area (Å²) in [5, 5.41) is 3.28. The van der Waals surface area contributed by atoms with Crippen molar-refractivity contribution in [2.45, 2.75) is 18.7 Å². The Bertz CT molecular complexity index is 655. The molecule has 0 spiro atoms. The Morgan fingerprint density at radius 2 is 1.52 bits per heavy atom. The van der Waals surface area contributed by atoms with Crippen LogP contribution in [0.3, 0.4) is 0 Å². The molecular weight excluding hydrogens is 316 g/mol. The van der Waals surface area contributed by atoms with E-state index in [1.807, 2.05) is 37.3 Å². The van der Waals surface area contributed by atoms with Crippen LogP contribution in [0.5, 0.6) is 0 Å². The average molecular weight is 337 g/mol. The Morgan fingerprint density at radius 1 is 0.957 bits per heavy atom. The zero-order valence-electron chi connectivity index (χ0n) is 13.4. The van der Waals surface area contributed by atoms with Gasteiger partial charge in [0, 0.05) is 20.3 Å². The van der Waals surface area contributed by atoms with Crippen molar-refractivity contribution in [2.75, 3.05) is 14.2 Å². The minimum absolute atomic E-state index is 0.0927. The van der Waals surface area contributed by atoms with E-state index in [0.29, 0.717) is 5.56 Å². The van der Waals surface area contributed by atoms with Crippen LogP contribution in [-0.2, 0) is 13.6 Å². The molecule has 1 unspecified atom stereocenters. The zero-order chi connectivity index (χ0) is 16.9. The molecule has 1 N–H and O–H groups in total. The van der Waals surface area contributed by atoms with Gasteiger partial charge in [0.05, 0.1) is 0 Å². The molecule has 23 heavy (non-hydrogen) atoms. The van der Waals surface area contributed by atoms with Gasteiger partial charge in [-0.2, -0.15) is 0 Å². The highest BCUT2D eigenvalue weighted by Crippen LogP contribution is 2.59. The molecule has 0 saturated carbocycles. The van der Waals surface area contributed by atoms with E-state index in [1.165, 1.54) is 26.4 Å². The van der Waals surface area contributed by atoms with Crippen molar-refractivity contribution >= 4 is 7.60 Å². The smallest absolute Gasteiger partial charge is 0.311 e. The molecule has 4 nitrogen and oxygen atoms in total. The summed E-state index contributed by atoms with van der Waals surface area (Å²) in [5.74, 6) is -1.05. The molecule has 0 radical (unpaired) electrons. The summed E-state index contributed by atoms with van der Waals surface area (Å²) in [6, 6.07) is 15.5. The lowest BCUT2D eigenvalue weighted by Gasteiger charge is -2.28. The maximum absolute atomic E-state index is 13.2. The van der Waals surface area contributed by atoms with Crippen molar-refractivity contribution in [2.24, 2.45) is 0 Å². The Hall–Kier alpha value is -1.52. The van der Waals surface area contributed by atoms with Crippen LogP contribution in [0.25, 0.3) is 0 Å². The second-order valence-electron chi connectivity index (χ2n) is 5.16. The van der Waals surface area contributed by atoms with Gasteiger partial charge in [0.1, 0.15) is 11.6 Å². The normalized spacial score (nSPS) is 14.4. The fourth-order valence-corrected chi connectivity index (χ4v) is 3.89. The molecule has 2 aromatic rings. The van der Waals surface area contributed by atoms with Crippen LogP contribution >= 0.6 is 7.60 Å². The number of rotatable bonds is 7. The first-order valence-corrected chi connectivity index (χ1v) is 8.89. The molecule has 2 rings (SSSR count). The van der Waals surface area contributed by atoms with Gasteiger partial charge in [0.2, 0.25) is 0 Å². The highest BCUT2D eigenvalue weighted by atomic mass is 31.2. The molecule has 0 fully saturated rings. The largest absolute Gasteiger partial charge is 0.351 e. The van der Waals surface area contributed by atoms with E-state index in [-0.39, 0.29) is 11.9 Å². The van der Waals surface area contributed by atoms with Gasteiger partial charge in [-0.3, -0.25) is 9.88 Å². The lowest BCUT2D eigenvalue weighted by molar-refractivity contribution is 0.256. The van der Waals surface area contributed by atoms with Crippen molar-refractivity contribution in [1.82, 2.24) is 5.32 Å². The van der Waals surface area contributed by atoms with Gasteiger partial charge in [-0.15, -0.1) is 0 Å². The summed E-state index contributed by atoms with van der Waals surface area (Å²) in [4.78, 5) is 0. The van der Waals surface area contributed by atoms with E-state index in [1.54, 1.807) is 12.1 Å². The first-order chi connectivity index (χ1) is 11.0. The van der Waals surface area contributed by atoms with Crippen LogP contribution in [0, 0.1) is 5.82 Å². The monoisotopic (exact) mass is 337 g/mol. The topological polar surface area (TPSA) is 47.6 Å². The quantitative estimate of drug-likeness (QED) is 0.747. The first-order valence-electron chi connectivity index (χ1n) is 7.28. The van der Waals surface area contributed by atoms with Gasteiger partial charge in [-0.05, 0) is 30.2 Å². The number of hydrogen-bond acceptors (Lipinski definition) is 4. The lowest BCUT2D eigenvalue weighted by Crippen LogP contribution is -2.25. The standard InChI is InChI=1S/C17H21FNO3P/c1-13(14-7-5-4-6-8-14)19-17(23(20,21-2)22-3)15-9-11-16(18)12-10-15/h4-13,17,19H,1-3H3/t13-,17?/m0/s1. The molecule has 0 aliphatic carbocycles. The number of halogens is 1. The van der Waals surface area contributed by atoms with Gasteiger partial charge in [0.15, 0.2) is 0 Å². The lowest BCUT2D eigenvalue weighted by atomic mass is 10.1. The van der Waals surface area contributed by atoms with E-state index >= 15 is 0 Å². The van der Waals surface area contributed by atoms with Crippen molar-refractivity contribution in [3.8, 4) is 0 Å². The number of hydrogen-bond donors (Lipinski definition) is 1. The molecule has 0 heterocycles. The molecule has 2 atom stereocenters. The maximum atomic E-state index is 13.2. The molecule has 2 aromatic carbocycles. The Balaban J connectivity index is 2.34. The third-order valence-corrected chi connectivity index (χ3v) is 5.82. The Morgan fingerprint density at radius 3 is 2.04 bits per heavy atom. The van der Waals surface area contributed by atoms with Crippen molar-refractivity contribution < 1.29 is 18.0 Å². The highest BCUT2D eigenvalue weighted by Gasteiger charge is 2.36. The Labute approximate surface area is 136 Å². The van der Waals surface area contributed by atoms with Crippen LogP contribution in [0.1, 0.15) is 29.9 Å². The molecule has 0 aromatic heterocycles. The number of nitrogens with one attached hydrogen (secondary N) is 1. The van der Waals surface area contributed by atoms with E-state index in [4.69, 9.17) is 9.05 Å². The van der Waals surface area contributed by atoms with Gasteiger partial charge < -0.3 is 9.05 Å². The van der Waals surface area contributed by atoms with Gasteiger partial charge in [-0.1, -0.05) is 42.5 Å². The SMILES string of the molecule is COP(=O)(OC)C(N[C@@H](C)c1ccccc1)c1ccc(F)cc1. The minimum Gasteiger partial charge on any atom is -0.311 e. The van der Waals surface area contributed by atoms with Gasteiger partial charge in [-0.25, -0.2) is 4.39 Å². The highest BCUT2D eigenvalue weighted by molar-refractivity contribution is 7.54. The zero-order valence-corrected chi connectivity index (χ0v) is 14.3.